The largest absolute Gasteiger partial charge is 0.334 e. The van der Waals surface area contributed by atoms with E-state index in [0.717, 1.165) is 31.5 Å². The van der Waals surface area contributed by atoms with Crippen LogP contribution in [0.25, 0.3) is 0 Å². The summed E-state index contributed by atoms with van der Waals surface area (Å²) in [5.41, 5.74) is 1.35. The molecule has 0 saturated carbocycles. The Balaban J connectivity index is 1.78. The van der Waals surface area contributed by atoms with E-state index >= 15 is 0 Å². The standard InChI is InChI=1S/C16H30N4/c1-4-20-13-18-10-16(20)12-19-7-5-6-15(11-19)9-17-8-14(2)3/h10,13-15,17H,4-9,11-12H2,1-3H3. The second kappa shape index (κ2) is 7.79. The Kier molecular flexibility index (Phi) is 6.05. The first-order valence-corrected chi connectivity index (χ1v) is 8.11. The van der Waals surface area contributed by atoms with E-state index in [1.165, 1.54) is 38.2 Å². The molecule has 0 spiro atoms. The Labute approximate surface area is 123 Å². The van der Waals surface area contributed by atoms with E-state index in [2.05, 4.69) is 40.5 Å². The lowest BCUT2D eigenvalue weighted by Gasteiger charge is -2.33. The van der Waals surface area contributed by atoms with Crippen LogP contribution < -0.4 is 5.32 Å². The van der Waals surface area contributed by atoms with Crippen molar-refractivity contribution in [1.82, 2.24) is 19.8 Å². The fourth-order valence-electron chi connectivity index (χ4n) is 3.03. The molecule has 0 aromatic carbocycles. The number of rotatable bonds is 7. The van der Waals surface area contributed by atoms with Crippen LogP contribution in [0.5, 0.6) is 0 Å². The zero-order chi connectivity index (χ0) is 14.4. The number of imidazole rings is 1. The van der Waals surface area contributed by atoms with Gasteiger partial charge in [0.25, 0.3) is 0 Å². The molecule has 0 bridgehead atoms. The van der Waals surface area contributed by atoms with Crippen LogP contribution in [0.2, 0.25) is 0 Å². The van der Waals surface area contributed by atoms with Crippen molar-refractivity contribution >= 4 is 0 Å². The molecular weight excluding hydrogens is 248 g/mol. The third-order valence-corrected chi connectivity index (χ3v) is 4.11. The van der Waals surface area contributed by atoms with Crippen molar-refractivity contribution in [1.29, 1.82) is 0 Å². The molecule has 0 amide bonds. The summed E-state index contributed by atoms with van der Waals surface area (Å²) in [5.74, 6) is 1.55. The average molecular weight is 278 g/mol. The molecule has 1 aromatic heterocycles. The molecule has 1 fully saturated rings. The highest BCUT2D eigenvalue weighted by molar-refractivity contribution is 4.98. The zero-order valence-electron chi connectivity index (χ0n) is 13.3. The highest BCUT2D eigenvalue weighted by Crippen LogP contribution is 2.18. The Hall–Kier alpha value is -0.870. The molecule has 1 aromatic rings. The van der Waals surface area contributed by atoms with Crippen LogP contribution in [-0.4, -0.2) is 40.6 Å². The first kappa shape index (κ1) is 15.5. The first-order chi connectivity index (χ1) is 9.69. The number of piperidine rings is 1. The van der Waals surface area contributed by atoms with Crippen molar-refractivity contribution < 1.29 is 0 Å². The van der Waals surface area contributed by atoms with E-state index in [4.69, 9.17) is 0 Å². The Morgan fingerprint density at radius 2 is 2.30 bits per heavy atom. The van der Waals surface area contributed by atoms with Gasteiger partial charge in [0.2, 0.25) is 0 Å². The van der Waals surface area contributed by atoms with Crippen molar-refractivity contribution in [2.45, 2.75) is 46.7 Å². The minimum absolute atomic E-state index is 0.744. The molecule has 1 N–H and O–H groups in total. The third kappa shape index (κ3) is 4.60. The van der Waals surface area contributed by atoms with E-state index in [1.54, 1.807) is 0 Å². The molecule has 1 atom stereocenters. The number of aromatic nitrogens is 2. The number of likely N-dealkylation sites (tertiary alicyclic amines) is 1. The number of hydrogen-bond acceptors (Lipinski definition) is 3. The summed E-state index contributed by atoms with van der Waals surface area (Å²) >= 11 is 0. The number of hydrogen-bond donors (Lipinski definition) is 1. The van der Waals surface area contributed by atoms with E-state index < -0.39 is 0 Å². The van der Waals surface area contributed by atoms with Gasteiger partial charge in [-0.05, 0) is 51.2 Å². The van der Waals surface area contributed by atoms with Gasteiger partial charge in [-0.3, -0.25) is 4.90 Å². The van der Waals surface area contributed by atoms with Crippen molar-refractivity contribution in [2.24, 2.45) is 11.8 Å². The first-order valence-electron chi connectivity index (χ1n) is 8.11. The fraction of sp³-hybridized carbons (Fsp3) is 0.812. The van der Waals surface area contributed by atoms with Crippen LogP contribution in [-0.2, 0) is 13.1 Å². The molecule has 4 heteroatoms. The normalized spacial score (nSPS) is 20.7. The SMILES string of the molecule is CCn1cncc1CN1CCCC(CNCC(C)C)C1. The molecule has 0 radical (unpaired) electrons. The fourth-order valence-corrected chi connectivity index (χ4v) is 3.03. The van der Waals surface area contributed by atoms with Crippen LogP contribution in [0, 0.1) is 11.8 Å². The van der Waals surface area contributed by atoms with Gasteiger partial charge in [0.15, 0.2) is 0 Å². The zero-order valence-corrected chi connectivity index (χ0v) is 13.3. The van der Waals surface area contributed by atoms with E-state index in [1.807, 2.05) is 12.5 Å². The van der Waals surface area contributed by atoms with Gasteiger partial charge in [0.1, 0.15) is 0 Å². The quantitative estimate of drug-likeness (QED) is 0.831. The predicted octanol–water partition coefficient (Wildman–Crippen LogP) is 2.36. The van der Waals surface area contributed by atoms with E-state index in [0.29, 0.717) is 0 Å². The second-order valence-electron chi connectivity index (χ2n) is 6.47. The van der Waals surface area contributed by atoms with Gasteiger partial charge in [-0.2, -0.15) is 0 Å². The number of nitrogens with one attached hydrogen (secondary N) is 1. The Morgan fingerprint density at radius 1 is 1.45 bits per heavy atom. The van der Waals surface area contributed by atoms with Crippen molar-refractivity contribution in [3.8, 4) is 0 Å². The van der Waals surface area contributed by atoms with Crippen LogP contribution in [0.1, 0.15) is 39.3 Å². The molecule has 1 saturated heterocycles. The maximum Gasteiger partial charge on any atom is 0.0948 e. The van der Waals surface area contributed by atoms with Crippen molar-refractivity contribution in [3.63, 3.8) is 0 Å². The molecule has 0 aliphatic carbocycles. The third-order valence-electron chi connectivity index (χ3n) is 4.11. The minimum atomic E-state index is 0.744. The molecule has 114 valence electrons. The number of aryl methyl sites for hydroxylation is 1. The lowest BCUT2D eigenvalue weighted by molar-refractivity contribution is 0.161. The van der Waals surface area contributed by atoms with Crippen LogP contribution >= 0.6 is 0 Å². The summed E-state index contributed by atoms with van der Waals surface area (Å²) in [7, 11) is 0. The predicted molar refractivity (Wildman–Crippen MR) is 83.6 cm³/mol. The molecule has 2 heterocycles. The van der Waals surface area contributed by atoms with Gasteiger partial charge in [-0.25, -0.2) is 4.98 Å². The highest BCUT2D eigenvalue weighted by Gasteiger charge is 2.20. The van der Waals surface area contributed by atoms with Gasteiger partial charge in [-0.1, -0.05) is 13.8 Å². The van der Waals surface area contributed by atoms with Crippen molar-refractivity contribution in [2.75, 3.05) is 26.2 Å². The molecule has 4 nitrogen and oxygen atoms in total. The Bertz CT molecular complexity index is 386. The minimum Gasteiger partial charge on any atom is -0.334 e. The average Bonchev–Trinajstić information content (AvgIpc) is 2.86. The monoisotopic (exact) mass is 278 g/mol. The van der Waals surface area contributed by atoms with Crippen LogP contribution in [0.3, 0.4) is 0 Å². The summed E-state index contributed by atoms with van der Waals surface area (Å²) in [6.07, 6.45) is 6.66. The topological polar surface area (TPSA) is 33.1 Å². The second-order valence-corrected chi connectivity index (χ2v) is 6.47. The summed E-state index contributed by atoms with van der Waals surface area (Å²) in [4.78, 5) is 6.86. The summed E-state index contributed by atoms with van der Waals surface area (Å²) in [6.45, 7) is 13.5. The maximum absolute atomic E-state index is 4.27. The molecular formula is C16H30N4. The lowest BCUT2D eigenvalue weighted by Crippen LogP contribution is -2.40. The highest BCUT2D eigenvalue weighted by atomic mass is 15.2. The number of nitrogens with zero attached hydrogens (tertiary/aromatic N) is 3. The van der Waals surface area contributed by atoms with E-state index in [-0.39, 0.29) is 0 Å². The summed E-state index contributed by atoms with van der Waals surface area (Å²) in [6, 6.07) is 0. The van der Waals surface area contributed by atoms with Gasteiger partial charge in [0.05, 0.1) is 12.0 Å². The maximum atomic E-state index is 4.27. The van der Waals surface area contributed by atoms with Crippen LogP contribution in [0.15, 0.2) is 12.5 Å². The van der Waals surface area contributed by atoms with Gasteiger partial charge in [-0.15, -0.1) is 0 Å². The summed E-state index contributed by atoms with van der Waals surface area (Å²) < 4.78 is 2.25. The molecule has 1 aliphatic heterocycles. The molecule has 2 rings (SSSR count). The van der Waals surface area contributed by atoms with Gasteiger partial charge >= 0.3 is 0 Å². The van der Waals surface area contributed by atoms with Gasteiger partial charge < -0.3 is 9.88 Å². The smallest absolute Gasteiger partial charge is 0.0948 e. The van der Waals surface area contributed by atoms with Crippen LogP contribution in [0.4, 0.5) is 0 Å². The molecule has 1 unspecified atom stereocenters. The lowest BCUT2D eigenvalue weighted by atomic mass is 9.97. The summed E-state index contributed by atoms with van der Waals surface area (Å²) in [5, 5.41) is 3.61. The van der Waals surface area contributed by atoms with E-state index in [9.17, 15) is 0 Å². The van der Waals surface area contributed by atoms with Gasteiger partial charge in [0, 0.05) is 25.8 Å². The molecule has 1 aliphatic rings. The Morgan fingerprint density at radius 3 is 3.05 bits per heavy atom. The molecule has 20 heavy (non-hydrogen) atoms. The van der Waals surface area contributed by atoms with Crippen molar-refractivity contribution in [3.05, 3.63) is 18.2 Å².